The molecule has 3 heterocycles. The van der Waals surface area contributed by atoms with Crippen LogP contribution < -0.4 is 4.74 Å². The summed E-state index contributed by atoms with van der Waals surface area (Å²) < 4.78 is 17.4. The van der Waals surface area contributed by atoms with Gasteiger partial charge in [0.2, 0.25) is 0 Å². The van der Waals surface area contributed by atoms with Crippen LogP contribution in [0.3, 0.4) is 0 Å². The molecule has 0 N–H and O–H groups in total. The third kappa shape index (κ3) is 4.37. The molecule has 0 unspecified atom stereocenters. The Hall–Kier alpha value is -2.64. The molecule has 4 rings (SSSR count). The number of rotatable bonds is 6. The fourth-order valence-corrected chi connectivity index (χ4v) is 3.32. The highest BCUT2D eigenvalue weighted by Gasteiger charge is 2.12. The van der Waals surface area contributed by atoms with Gasteiger partial charge in [-0.25, -0.2) is 4.98 Å². The summed E-state index contributed by atoms with van der Waals surface area (Å²) in [4.78, 5) is 8.51. The van der Waals surface area contributed by atoms with Crippen molar-refractivity contribution < 1.29 is 9.15 Å². The molecule has 0 atom stereocenters. The molecule has 3 aromatic heterocycles. The van der Waals surface area contributed by atoms with Gasteiger partial charge in [0.1, 0.15) is 12.0 Å². The molecule has 0 aliphatic rings. The Kier molecular flexibility index (Phi) is 5.93. The van der Waals surface area contributed by atoms with Crippen molar-refractivity contribution in [2.75, 3.05) is 0 Å². The number of ether oxygens (including phenoxy) is 1. The van der Waals surface area contributed by atoms with Gasteiger partial charge in [-0.1, -0.05) is 6.07 Å². The molecule has 4 aromatic rings. The minimum Gasteiger partial charge on any atom is -0.472 e. The van der Waals surface area contributed by atoms with E-state index in [0.29, 0.717) is 11.0 Å². The molecule has 0 bridgehead atoms. The van der Waals surface area contributed by atoms with E-state index in [1.54, 1.807) is 18.7 Å². The molecule has 140 valence electrons. The van der Waals surface area contributed by atoms with Crippen LogP contribution in [0.2, 0.25) is 0 Å². The molecule has 8 heteroatoms. The third-order valence-electron chi connectivity index (χ3n) is 4.22. The van der Waals surface area contributed by atoms with Crippen molar-refractivity contribution in [1.29, 1.82) is 0 Å². The monoisotopic (exact) mass is 402 g/mol. The van der Waals surface area contributed by atoms with E-state index in [4.69, 9.17) is 9.15 Å². The highest BCUT2D eigenvalue weighted by molar-refractivity contribution is 7.07. The van der Waals surface area contributed by atoms with Crippen LogP contribution in [0.15, 0.2) is 53.9 Å². The Balaban J connectivity index is 0.00000210. The summed E-state index contributed by atoms with van der Waals surface area (Å²) in [5.41, 5.74) is 4.43. The minimum absolute atomic E-state index is 0. The molecule has 0 amide bonds. The summed E-state index contributed by atoms with van der Waals surface area (Å²) >= 11 is 1.23. The van der Waals surface area contributed by atoms with Gasteiger partial charge in [-0.15, -0.1) is 12.4 Å². The van der Waals surface area contributed by atoms with Gasteiger partial charge in [0.15, 0.2) is 5.82 Å². The van der Waals surface area contributed by atoms with Crippen LogP contribution in [-0.2, 0) is 13.0 Å². The van der Waals surface area contributed by atoms with Crippen LogP contribution in [0.1, 0.15) is 16.7 Å². The smallest absolute Gasteiger partial charge is 0.299 e. The zero-order valence-corrected chi connectivity index (χ0v) is 16.6. The first-order valence-corrected chi connectivity index (χ1v) is 9.06. The van der Waals surface area contributed by atoms with E-state index in [1.807, 2.05) is 25.5 Å². The fraction of sp³-hybridized carbons (Fsp3) is 0.211. The Morgan fingerprint density at radius 3 is 2.85 bits per heavy atom. The van der Waals surface area contributed by atoms with Crippen molar-refractivity contribution >= 4 is 23.9 Å². The topological polar surface area (TPSA) is 66.0 Å². The van der Waals surface area contributed by atoms with Crippen molar-refractivity contribution in [3.63, 3.8) is 0 Å². The first-order chi connectivity index (χ1) is 12.7. The molecule has 0 fully saturated rings. The number of aryl methyl sites for hydroxylation is 4. The van der Waals surface area contributed by atoms with Crippen LogP contribution >= 0.6 is 23.9 Å². The first kappa shape index (κ1) is 19.1. The second kappa shape index (κ2) is 8.37. The van der Waals surface area contributed by atoms with E-state index >= 15 is 0 Å². The first-order valence-electron chi connectivity index (χ1n) is 8.29. The summed E-state index contributed by atoms with van der Waals surface area (Å²) in [6.45, 7) is 5.06. The zero-order valence-electron chi connectivity index (χ0n) is 15.0. The molecule has 0 spiro atoms. The van der Waals surface area contributed by atoms with Gasteiger partial charge < -0.3 is 13.7 Å². The Morgan fingerprint density at radius 1 is 1.22 bits per heavy atom. The molecule has 0 saturated heterocycles. The van der Waals surface area contributed by atoms with Crippen molar-refractivity contribution in [1.82, 2.24) is 18.9 Å². The van der Waals surface area contributed by atoms with Crippen molar-refractivity contribution in [3.8, 4) is 22.3 Å². The Labute approximate surface area is 167 Å². The predicted octanol–water partition coefficient (Wildman–Crippen LogP) is 5.07. The van der Waals surface area contributed by atoms with Gasteiger partial charge in [-0.3, -0.25) is 0 Å². The number of nitrogens with zero attached hydrogens (tertiary/aromatic N) is 4. The second-order valence-electron chi connectivity index (χ2n) is 6.09. The molecule has 0 aliphatic heterocycles. The van der Waals surface area contributed by atoms with Gasteiger partial charge in [-0.05, 0) is 49.1 Å². The number of imidazole rings is 1. The molecule has 0 aliphatic carbocycles. The van der Waals surface area contributed by atoms with E-state index in [-0.39, 0.29) is 12.4 Å². The van der Waals surface area contributed by atoms with Crippen LogP contribution in [0.4, 0.5) is 0 Å². The maximum atomic E-state index is 5.97. The highest BCUT2D eigenvalue weighted by Crippen LogP contribution is 2.31. The van der Waals surface area contributed by atoms with Crippen LogP contribution in [-0.4, -0.2) is 18.9 Å². The number of aromatic nitrogens is 4. The molecule has 0 saturated carbocycles. The minimum atomic E-state index is 0. The number of hydrogen-bond acceptors (Lipinski definition) is 6. The molecular weight excluding hydrogens is 384 g/mol. The summed E-state index contributed by atoms with van der Waals surface area (Å²) in [5, 5.41) is 0.523. The maximum Gasteiger partial charge on any atom is 0.299 e. The van der Waals surface area contributed by atoms with Crippen LogP contribution in [0.25, 0.3) is 11.4 Å². The second-order valence-corrected chi connectivity index (χ2v) is 6.81. The fourth-order valence-electron chi connectivity index (χ4n) is 2.75. The maximum absolute atomic E-state index is 5.97. The zero-order chi connectivity index (χ0) is 17.9. The lowest BCUT2D eigenvalue weighted by molar-refractivity contribution is 0.474. The predicted molar refractivity (Wildman–Crippen MR) is 107 cm³/mol. The molecule has 1 aromatic carbocycles. The van der Waals surface area contributed by atoms with E-state index in [1.165, 1.54) is 22.7 Å². The van der Waals surface area contributed by atoms with Gasteiger partial charge in [0.05, 0.1) is 18.2 Å². The van der Waals surface area contributed by atoms with Crippen molar-refractivity contribution in [2.24, 2.45) is 0 Å². The normalized spacial score (nSPS) is 10.6. The third-order valence-corrected chi connectivity index (χ3v) is 4.81. The summed E-state index contributed by atoms with van der Waals surface area (Å²) in [5.74, 6) is 1.42. The quantitative estimate of drug-likeness (QED) is 0.450. The van der Waals surface area contributed by atoms with Gasteiger partial charge >= 0.3 is 0 Å². The van der Waals surface area contributed by atoms with E-state index in [0.717, 1.165) is 29.8 Å². The van der Waals surface area contributed by atoms with E-state index in [9.17, 15) is 0 Å². The van der Waals surface area contributed by atoms with Gasteiger partial charge in [0.25, 0.3) is 5.19 Å². The Bertz CT molecular complexity index is 997. The molecule has 6 nitrogen and oxygen atoms in total. The van der Waals surface area contributed by atoms with Gasteiger partial charge in [-0.2, -0.15) is 9.36 Å². The summed E-state index contributed by atoms with van der Waals surface area (Å²) in [6, 6.07) is 6.08. The highest BCUT2D eigenvalue weighted by atomic mass is 35.5. The molecule has 0 radical (unpaired) electrons. The van der Waals surface area contributed by atoms with Crippen molar-refractivity contribution in [3.05, 3.63) is 66.1 Å². The van der Waals surface area contributed by atoms with Crippen LogP contribution in [0, 0.1) is 13.8 Å². The summed E-state index contributed by atoms with van der Waals surface area (Å²) in [6.07, 6.45) is 9.80. The lowest BCUT2D eigenvalue weighted by Crippen LogP contribution is -2.01. The largest absolute Gasteiger partial charge is 0.472 e. The number of hydrogen-bond donors (Lipinski definition) is 0. The van der Waals surface area contributed by atoms with Gasteiger partial charge in [0, 0.05) is 30.5 Å². The molecular formula is C19H19ClN4O2S. The average molecular weight is 403 g/mol. The van der Waals surface area contributed by atoms with Crippen LogP contribution in [0.5, 0.6) is 10.9 Å². The summed E-state index contributed by atoms with van der Waals surface area (Å²) in [7, 11) is 0. The lowest BCUT2D eigenvalue weighted by atomic mass is 10.0. The molecule has 27 heavy (non-hydrogen) atoms. The Morgan fingerprint density at radius 2 is 2.11 bits per heavy atom. The standard InChI is InChI=1S/C19H18N4O2S.ClH/c1-13-10-17(14(2)9-15(13)3-6-23-7-5-20-12-23)25-19-21-18(22-26-19)16-4-8-24-11-16;/h4-5,7-12H,3,6H2,1-2H3;1H. The van der Waals surface area contributed by atoms with E-state index < -0.39 is 0 Å². The average Bonchev–Trinajstić information content (AvgIpc) is 3.38. The number of benzene rings is 1. The van der Waals surface area contributed by atoms with E-state index in [2.05, 4.69) is 38.0 Å². The number of halogens is 1. The van der Waals surface area contributed by atoms with Crippen molar-refractivity contribution in [2.45, 2.75) is 26.8 Å². The lowest BCUT2D eigenvalue weighted by Gasteiger charge is -2.12. The number of furan rings is 1. The SMILES string of the molecule is Cc1cc(Oc2nc(-c3ccoc3)ns2)c(C)cc1CCn1ccnc1.Cl.